The van der Waals surface area contributed by atoms with Crippen molar-refractivity contribution in [2.24, 2.45) is 0 Å². The van der Waals surface area contributed by atoms with Crippen LogP contribution in [0.3, 0.4) is 0 Å². The zero-order valence-corrected chi connectivity index (χ0v) is 18.1. The number of hydrogen-bond donors (Lipinski definition) is 1. The van der Waals surface area contributed by atoms with Gasteiger partial charge >= 0.3 is 0 Å². The van der Waals surface area contributed by atoms with Gasteiger partial charge in [0, 0.05) is 13.0 Å². The minimum Gasteiger partial charge on any atom is -0.352 e. The Labute approximate surface area is 165 Å². The molecule has 0 aliphatic carbocycles. The van der Waals surface area contributed by atoms with Gasteiger partial charge in [0.25, 0.3) is 0 Å². The minimum absolute atomic E-state index is 0.166. The summed E-state index contributed by atoms with van der Waals surface area (Å²) in [6, 6.07) is 0. The van der Waals surface area contributed by atoms with E-state index in [1.807, 2.05) is 6.92 Å². The second-order valence-corrected chi connectivity index (χ2v) is 7.97. The lowest BCUT2D eigenvalue weighted by Gasteiger charge is -2.04. The molecule has 0 saturated heterocycles. The number of rotatable bonds is 21. The number of amides is 1. The van der Waals surface area contributed by atoms with E-state index >= 15 is 0 Å². The molecule has 0 spiro atoms. The predicted molar refractivity (Wildman–Crippen MR) is 116 cm³/mol. The van der Waals surface area contributed by atoms with Crippen molar-refractivity contribution in [2.75, 3.05) is 0 Å². The number of unbranched alkanes of at least 4 members (excludes halogenated alkanes) is 18. The second-order valence-electron chi connectivity index (χ2n) is 7.97. The normalized spacial score (nSPS) is 11.0. The summed E-state index contributed by atoms with van der Waals surface area (Å²) in [5, 5.41) is 2.74. The molecule has 0 heterocycles. The standard InChI is InChI=1S/C24H48NO/c1-3-5-6-7-8-9-10-11-12-13-14-15-16-17-18-19-20-21-22-23-24(26)25-4-2/h4H,3,5-23H2,1-2H3,(H,25,26). The van der Waals surface area contributed by atoms with Crippen LogP contribution in [-0.2, 0) is 4.79 Å². The van der Waals surface area contributed by atoms with E-state index in [1.165, 1.54) is 116 Å². The van der Waals surface area contributed by atoms with Crippen LogP contribution in [0.4, 0.5) is 0 Å². The Morgan fingerprint density at radius 2 is 0.885 bits per heavy atom. The fourth-order valence-corrected chi connectivity index (χ4v) is 3.60. The van der Waals surface area contributed by atoms with Gasteiger partial charge < -0.3 is 5.32 Å². The van der Waals surface area contributed by atoms with Gasteiger partial charge in [0.1, 0.15) is 0 Å². The molecular formula is C24H48NO. The molecule has 0 aromatic carbocycles. The van der Waals surface area contributed by atoms with Gasteiger partial charge in [-0.15, -0.1) is 0 Å². The Kier molecular flexibility index (Phi) is 22.1. The molecule has 0 aromatic heterocycles. The molecule has 0 atom stereocenters. The highest BCUT2D eigenvalue weighted by atomic mass is 16.1. The number of hydrogen-bond acceptors (Lipinski definition) is 1. The van der Waals surface area contributed by atoms with E-state index in [1.54, 1.807) is 6.54 Å². The molecule has 2 heteroatoms. The topological polar surface area (TPSA) is 29.1 Å². The Morgan fingerprint density at radius 1 is 0.577 bits per heavy atom. The minimum atomic E-state index is 0.166. The van der Waals surface area contributed by atoms with Crippen LogP contribution in [0.2, 0.25) is 0 Å². The second kappa shape index (κ2) is 22.5. The van der Waals surface area contributed by atoms with Crippen LogP contribution >= 0.6 is 0 Å². The summed E-state index contributed by atoms with van der Waals surface area (Å²) in [7, 11) is 0. The highest BCUT2D eigenvalue weighted by Crippen LogP contribution is 2.14. The molecule has 0 aliphatic heterocycles. The lowest BCUT2D eigenvalue weighted by Crippen LogP contribution is -2.18. The lowest BCUT2D eigenvalue weighted by molar-refractivity contribution is -0.120. The zero-order valence-electron chi connectivity index (χ0n) is 18.1. The van der Waals surface area contributed by atoms with Crippen LogP contribution < -0.4 is 5.32 Å². The van der Waals surface area contributed by atoms with Crippen molar-refractivity contribution in [3.63, 3.8) is 0 Å². The molecule has 0 aliphatic rings. The average Bonchev–Trinajstić information content (AvgIpc) is 2.64. The fraction of sp³-hybridized carbons (Fsp3) is 0.917. The molecule has 0 rings (SSSR count). The molecule has 1 N–H and O–H groups in total. The summed E-state index contributed by atoms with van der Waals surface area (Å²) in [6.07, 6.45) is 27.1. The third kappa shape index (κ3) is 21.5. The Balaban J connectivity index is 3.02. The molecule has 2 nitrogen and oxygen atoms in total. The molecule has 26 heavy (non-hydrogen) atoms. The van der Waals surface area contributed by atoms with Crippen LogP contribution in [0.15, 0.2) is 0 Å². The third-order valence-electron chi connectivity index (χ3n) is 5.31. The van der Waals surface area contributed by atoms with Gasteiger partial charge in [0.05, 0.1) is 0 Å². The summed E-state index contributed by atoms with van der Waals surface area (Å²) in [4.78, 5) is 11.3. The van der Waals surface area contributed by atoms with E-state index in [4.69, 9.17) is 0 Å². The smallest absolute Gasteiger partial charge is 0.220 e. The first-order chi connectivity index (χ1) is 12.8. The van der Waals surface area contributed by atoms with Crippen molar-refractivity contribution < 1.29 is 4.79 Å². The van der Waals surface area contributed by atoms with Crippen molar-refractivity contribution in [1.82, 2.24) is 5.32 Å². The van der Waals surface area contributed by atoms with Crippen LogP contribution in [0, 0.1) is 6.54 Å². The van der Waals surface area contributed by atoms with Crippen molar-refractivity contribution in [2.45, 2.75) is 142 Å². The van der Waals surface area contributed by atoms with Gasteiger partial charge in [-0.2, -0.15) is 0 Å². The van der Waals surface area contributed by atoms with Gasteiger partial charge in [0.2, 0.25) is 5.91 Å². The van der Waals surface area contributed by atoms with E-state index in [2.05, 4.69) is 12.2 Å². The molecule has 0 fully saturated rings. The molecule has 0 aromatic rings. The van der Waals surface area contributed by atoms with E-state index in [-0.39, 0.29) is 5.91 Å². The number of carbonyl (C=O) groups excluding carboxylic acids is 1. The molecule has 1 amide bonds. The first kappa shape index (κ1) is 25.5. The molecule has 1 radical (unpaired) electrons. The molecule has 0 saturated carbocycles. The monoisotopic (exact) mass is 366 g/mol. The largest absolute Gasteiger partial charge is 0.352 e. The maximum absolute atomic E-state index is 11.3. The van der Waals surface area contributed by atoms with E-state index in [0.717, 1.165) is 6.42 Å². The maximum Gasteiger partial charge on any atom is 0.220 e. The van der Waals surface area contributed by atoms with E-state index in [0.29, 0.717) is 6.42 Å². The lowest BCUT2D eigenvalue weighted by atomic mass is 10.0. The average molecular weight is 367 g/mol. The third-order valence-corrected chi connectivity index (χ3v) is 5.31. The predicted octanol–water partition coefficient (Wildman–Crippen LogP) is 8.11. The Morgan fingerprint density at radius 3 is 1.19 bits per heavy atom. The first-order valence-electron chi connectivity index (χ1n) is 11.9. The number of nitrogens with one attached hydrogen (secondary N) is 1. The highest BCUT2D eigenvalue weighted by Gasteiger charge is 1.99. The summed E-state index contributed by atoms with van der Waals surface area (Å²) < 4.78 is 0. The van der Waals surface area contributed by atoms with Crippen molar-refractivity contribution >= 4 is 5.91 Å². The zero-order chi connectivity index (χ0) is 19.1. The molecule has 155 valence electrons. The molecular weight excluding hydrogens is 318 g/mol. The fourth-order valence-electron chi connectivity index (χ4n) is 3.60. The van der Waals surface area contributed by atoms with Gasteiger partial charge in [-0.1, -0.05) is 122 Å². The molecule has 0 bridgehead atoms. The van der Waals surface area contributed by atoms with Gasteiger partial charge in [-0.25, -0.2) is 0 Å². The highest BCUT2D eigenvalue weighted by molar-refractivity contribution is 5.76. The van der Waals surface area contributed by atoms with Crippen LogP contribution in [0.25, 0.3) is 0 Å². The van der Waals surface area contributed by atoms with E-state index in [9.17, 15) is 4.79 Å². The first-order valence-corrected chi connectivity index (χ1v) is 11.9. The number of carbonyl (C=O) groups is 1. The Bertz CT molecular complexity index is 277. The van der Waals surface area contributed by atoms with Crippen LogP contribution in [0.1, 0.15) is 142 Å². The van der Waals surface area contributed by atoms with Gasteiger partial charge in [-0.05, 0) is 13.3 Å². The van der Waals surface area contributed by atoms with Crippen molar-refractivity contribution in [1.29, 1.82) is 0 Å². The molecule has 0 unspecified atom stereocenters. The summed E-state index contributed by atoms with van der Waals surface area (Å²) in [5.74, 6) is 0.166. The summed E-state index contributed by atoms with van der Waals surface area (Å²) in [5.41, 5.74) is 0. The van der Waals surface area contributed by atoms with Gasteiger partial charge in [0.15, 0.2) is 0 Å². The van der Waals surface area contributed by atoms with Crippen molar-refractivity contribution in [3.8, 4) is 0 Å². The maximum atomic E-state index is 11.3. The van der Waals surface area contributed by atoms with E-state index < -0.39 is 0 Å². The Hall–Kier alpha value is -0.530. The van der Waals surface area contributed by atoms with Crippen molar-refractivity contribution in [3.05, 3.63) is 6.54 Å². The summed E-state index contributed by atoms with van der Waals surface area (Å²) >= 11 is 0. The SMILES string of the molecule is C[CH]NC(=O)CCCCCCCCCCCCCCCCCCCCC. The van der Waals surface area contributed by atoms with Crippen LogP contribution in [-0.4, -0.2) is 5.91 Å². The van der Waals surface area contributed by atoms with Gasteiger partial charge in [-0.3, -0.25) is 4.79 Å². The van der Waals surface area contributed by atoms with Crippen LogP contribution in [0.5, 0.6) is 0 Å². The summed E-state index contributed by atoms with van der Waals surface area (Å²) in [6.45, 7) is 5.87. The quantitative estimate of drug-likeness (QED) is 0.204.